The first-order valence-corrected chi connectivity index (χ1v) is 8.21. The highest BCUT2D eigenvalue weighted by Crippen LogP contribution is 2.27. The van der Waals surface area contributed by atoms with E-state index >= 15 is 0 Å². The second-order valence-electron chi connectivity index (χ2n) is 5.45. The second-order valence-corrected chi connectivity index (χ2v) is 7.34. The Morgan fingerprint density at radius 3 is 2.35 bits per heavy atom. The largest absolute Gasteiger partial charge is 0.491 e. The van der Waals surface area contributed by atoms with Crippen molar-refractivity contribution in [2.45, 2.75) is 50.3 Å². The monoisotopic (exact) mass is 299 g/mol. The maximum Gasteiger partial charge on any atom is 0.243 e. The van der Waals surface area contributed by atoms with Gasteiger partial charge in [0, 0.05) is 12.6 Å². The van der Waals surface area contributed by atoms with Crippen molar-refractivity contribution in [2.24, 2.45) is 0 Å². The van der Waals surface area contributed by atoms with E-state index in [1.54, 1.807) is 24.3 Å². The van der Waals surface area contributed by atoms with Crippen LogP contribution in [0.5, 0.6) is 5.75 Å². The third-order valence-electron chi connectivity index (χ3n) is 3.30. The lowest BCUT2D eigenvalue weighted by Crippen LogP contribution is -2.34. The van der Waals surface area contributed by atoms with Crippen LogP contribution < -0.4 is 4.74 Å². The molecule has 5 nitrogen and oxygen atoms in total. The van der Waals surface area contributed by atoms with Gasteiger partial charge in [-0.25, -0.2) is 8.42 Å². The molecule has 1 heterocycles. The van der Waals surface area contributed by atoms with Gasteiger partial charge >= 0.3 is 0 Å². The zero-order chi connectivity index (χ0) is 14.9. The number of ether oxygens (including phenoxy) is 1. The van der Waals surface area contributed by atoms with Gasteiger partial charge in [-0.1, -0.05) is 0 Å². The molecule has 0 aromatic heterocycles. The Morgan fingerprint density at radius 1 is 1.30 bits per heavy atom. The Labute approximate surface area is 120 Å². The van der Waals surface area contributed by atoms with Gasteiger partial charge in [-0.05, 0) is 51.5 Å². The van der Waals surface area contributed by atoms with Crippen molar-refractivity contribution in [2.75, 3.05) is 6.54 Å². The quantitative estimate of drug-likeness (QED) is 0.917. The minimum atomic E-state index is -3.55. The molecule has 1 aliphatic rings. The van der Waals surface area contributed by atoms with Crippen LogP contribution in [0.1, 0.15) is 27.2 Å². The van der Waals surface area contributed by atoms with Crippen LogP contribution in [0.3, 0.4) is 0 Å². The summed E-state index contributed by atoms with van der Waals surface area (Å²) in [5.74, 6) is 0.647. The van der Waals surface area contributed by atoms with Crippen molar-refractivity contribution in [1.29, 1.82) is 0 Å². The summed E-state index contributed by atoms with van der Waals surface area (Å²) in [6, 6.07) is 6.23. The smallest absolute Gasteiger partial charge is 0.243 e. The summed E-state index contributed by atoms with van der Waals surface area (Å²) < 4.78 is 31.9. The molecule has 1 aromatic rings. The Bertz CT molecular complexity index is 553. The molecule has 1 aliphatic heterocycles. The summed E-state index contributed by atoms with van der Waals surface area (Å²) in [4.78, 5) is 0.231. The summed E-state index contributed by atoms with van der Waals surface area (Å²) in [5, 5.41) is 9.60. The predicted octanol–water partition coefficient (Wildman–Crippen LogP) is 1.62. The first kappa shape index (κ1) is 15.3. The summed E-state index contributed by atoms with van der Waals surface area (Å²) in [7, 11) is -3.55. The van der Waals surface area contributed by atoms with Gasteiger partial charge in [0.25, 0.3) is 0 Å². The molecule has 1 saturated heterocycles. The van der Waals surface area contributed by atoms with Crippen molar-refractivity contribution < 1.29 is 18.3 Å². The molecule has 1 aromatic carbocycles. The molecule has 0 unspecified atom stereocenters. The maximum atomic E-state index is 12.5. The summed E-state index contributed by atoms with van der Waals surface area (Å²) >= 11 is 0. The Balaban J connectivity index is 2.22. The van der Waals surface area contributed by atoms with E-state index in [0.717, 1.165) is 0 Å². The number of nitrogens with zero attached hydrogens (tertiary/aromatic N) is 1. The molecule has 2 rings (SSSR count). The normalized spacial score (nSPS) is 24.2. The van der Waals surface area contributed by atoms with E-state index in [0.29, 0.717) is 12.2 Å². The highest BCUT2D eigenvalue weighted by molar-refractivity contribution is 7.89. The molecular formula is C14H21NO4S. The van der Waals surface area contributed by atoms with Crippen LogP contribution in [0.25, 0.3) is 0 Å². The number of hydrogen-bond donors (Lipinski definition) is 1. The Morgan fingerprint density at radius 2 is 1.90 bits per heavy atom. The number of hydrogen-bond acceptors (Lipinski definition) is 4. The van der Waals surface area contributed by atoms with E-state index in [9.17, 15) is 13.5 Å². The molecule has 0 radical (unpaired) electrons. The van der Waals surface area contributed by atoms with Crippen LogP contribution in [0.2, 0.25) is 0 Å². The van der Waals surface area contributed by atoms with Crippen molar-refractivity contribution in [3.63, 3.8) is 0 Å². The van der Waals surface area contributed by atoms with Gasteiger partial charge in [-0.3, -0.25) is 0 Å². The van der Waals surface area contributed by atoms with Gasteiger partial charge in [-0.15, -0.1) is 0 Å². The first-order valence-electron chi connectivity index (χ1n) is 6.77. The molecule has 0 amide bonds. The highest BCUT2D eigenvalue weighted by atomic mass is 32.2. The summed E-state index contributed by atoms with van der Waals surface area (Å²) in [6.07, 6.45) is -0.0529. The van der Waals surface area contributed by atoms with Gasteiger partial charge in [0.15, 0.2) is 0 Å². The van der Waals surface area contributed by atoms with E-state index in [1.807, 2.05) is 20.8 Å². The van der Waals surface area contributed by atoms with Gasteiger partial charge in [0.05, 0.1) is 17.1 Å². The van der Waals surface area contributed by atoms with Crippen molar-refractivity contribution in [3.05, 3.63) is 24.3 Å². The zero-order valence-corrected chi connectivity index (χ0v) is 12.8. The molecule has 0 saturated carbocycles. The molecule has 6 heteroatoms. The van der Waals surface area contributed by atoms with Gasteiger partial charge in [0.2, 0.25) is 10.0 Å². The van der Waals surface area contributed by atoms with Crippen LogP contribution in [0.4, 0.5) is 0 Å². The number of sulfonamides is 1. The molecule has 20 heavy (non-hydrogen) atoms. The Hall–Kier alpha value is -1.11. The topological polar surface area (TPSA) is 66.8 Å². The number of β-amino-alcohol motifs (C(OH)–C–C–N with tert-alkyl or cyclic N) is 1. The SMILES string of the molecule is CC(C)Oc1ccc(S(=O)(=O)N2C[C@@H](O)C[C@H]2C)cc1. The van der Waals surface area contributed by atoms with E-state index in [1.165, 1.54) is 4.31 Å². The Kier molecular flexibility index (Phi) is 4.36. The van der Waals surface area contributed by atoms with Crippen molar-refractivity contribution in [3.8, 4) is 5.75 Å². The summed E-state index contributed by atoms with van der Waals surface area (Å²) in [5.41, 5.74) is 0. The fraction of sp³-hybridized carbons (Fsp3) is 0.571. The molecule has 0 aliphatic carbocycles. The fourth-order valence-electron chi connectivity index (χ4n) is 2.41. The second kappa shape index (κ2) is 5.71. The lowest BCUT2D eigenvalue weighted by Gasteiger charge is -2.20. The number of rotatable bonds is 4. The van der Waals surface area contributed by atoms with E-state index in [2.05, 4.69) is 0 Å². The lowest BCUT2D eigenvalue weighted by molar-refractivity contribution is 0.188. The van der Waals surface area contributed by atoms with Gasteiger partial charge in [0.1, 0.15) is 5.75 Å². The van der Waals surface area contributed by atoms with Crippen molar-refractivity contribution >= 4 is 10.0 Å². The number of aliphatic hydroxyl groups excluding tert-OH is 1. The van der Waals surface area contributed by atoms with Crippen LogP contribution in [-0.2, 0) is 10.0 Å². The zero-order valence-electron chi connectivity index (χ0n) is 12.0. The molecular weight excluding hydrogens is 278 g/mol. The van der Waals surface area contributed by atoms with E-state index in [-0.39, 0.29) is 23.6 Å². The highest BCUT2D eigenvalue weighted by Gasteiger charge is 2.36. The lowest BCUT2D eigenvalue weighted by atomic mass is 10.2. The number of aliphatic hydroxyl groups is 1. The molecule has 112 valence electrons. The molecule has 1 N–H and O–H groups in total. The molecule has 0 spiro atoms. The summed E-state index contributed by atoms with van der Waals surface area (Å²) in [6.45, 7) is 5.80. The van der Waals surface area contributed by atoms with Crippen molar-refractivity contribution in [1.82, 2.24) is 4.31 Å². The van der Waals surface area contributed by atoms with Crippen LogP contribution in [-0.4, -0.2) is 42.6 Å². The third-order valence-corrected chi connectivity index (χ3v) is 5.29. The van der Waals surface area contributed by atoms with Crippen LogP contribution >= 0.6 is 0 Å². The molecule has 2 atom stereocenters. The van der Waals surface area contributed by atoms with E-state index < -0.39 is 16.1 Å². The standard InChI is InChI=1S/C14H21NO4S/c1-10(2)19-13-4-6-14(7-5-13)20(17,18)15-9-12(16)8-11(15)3/h4-7,10-12,16H,8-9H2,1-3H3/t11-,12+/m1/s1. The van der Waals surface area contributed by atoms with Gasteiger partial charge < -0.3 is 9.84 Å². The van der Waals surface area contributed by atoms with Gasteiger partial charge in [-0.2, -0.15) is 4.31 Å². The number of benzene rings is 1. The molecule has 0 bridgehead atoms. The average Bonchev–Trinajstić information content (AvgIpc) is 2.69. The average molecular weight is 299 g/mol. The third kappa shape index (κ3) is 3.13. The van der Waals surface area contributed by atoms with E-state index in [4.69, 9.17) is 4.74 Å². The predicted molar refractivity (Wildman–Crippen MR) is 76.2 cm³/mol. The fourth-order valence-corrected chi connectivity index (χ4v) is 4.09. The first-order chi connectivity index (χ1) is 9.30. The minimum absolute atomic E-state index is 0.0474. The maximum absolute atomic E-state index is 12.5. The minimum Gasteiger partial charge on any atom is -0.491 e. The van der Waals surface area contributed by atoms with Crippen LogP contribution in [0, 0.1) is 0 Å². The van der Waals surface area contributed by atoms with Crippen LogP contribution in [0.15, 0.2) is 29.2 Å². The molecule has 1 fully saturated rings.